The molecule has 0 aromatic carbocycles. The maximum absolute atomic E-state index is 11.6. The predicted octanol–water partition coefficient (Wildman–Crippen LogP) is 0.174. The molecule has 1 saturated heterocycles. The van der Waals surface area contributed by atoms with Gasteiger partial charge in [-0.25, -0.2) is 4.98 Å². The van der Waals surface area contributed by atoms with Crippen LogP contribution in [0.2, 0.25) is 0 Å². The minimum absolute atomic E-state index is 0.147. The van der Waals surface area contributed by atoms with Gasteiger partial charge >= 0.3 is 0 Å². The maximum atomic E-state index is 11.6. The van der Waals surface area contributed by atoms with Crippen molar-refractivity contribution in [1.82, 2.24) is 25.4 Å². The molecule has 0 bridgehead atoms. The SMILES string of the molecule is O=C(CCC1CCNCC1)NCCn1cncn1. The van der Waals surface area contributed by atoms with Crippen LogP contribution in [0, 0.1) is 5.92 Å². The second-order valence-electron chi connectivity index (χ2n) is 4.74. The molecule has 1 aliphatic rings. The van der Waals surface area contributed by atoms with Crippen LogP contribution in [0.25, 0.3) is 0 Å². The lowest BCUT2D eigenvalue weighted by Gasteiger charge is -2.22. The molecular weight excluding hydrogens is 230 g/mol. The molecule has 2 heterocycles. The molecule has 0 radical (unpaired) electrons. The van der Waals surface area contributed by atoms with Crippen LogP contribution in [0.3, 0.4) is 0 Å². The standard InChI is InChI=1S/C12H21N5O/c18-12(2-1-11-3-5-13-6-4-11)15-7-8-17-10-14-9-16-17/h9-11,13H,1-8H2,(H,15,18). The second kappa shape index (κ2) is 7.10. The van der Waals surface area contributed by atoms with E-state index in [4.69, 9.17) is 0 Å². The molecule has 6 heteroatoms. The Bertz CT molecular complexity index is 345. The van der Waals surface area contributed by atoms with Gasteiger partial charge in [-0.1, -0.05) is 0 Å². The molecule has 1 fully saturated rings. The van der Waals surface area contributed by atoms with E-state index in [1.165, 1.54) is 19.2 Å². The number of aromatic nitrogens is 3. The Hall–Kier alpha value is -1.43. The fourth-order valence-corrected chi connectivity index (χ4v) is 2.25. The first kappa shape index (κ1) is 13.0. The van der Waals surface area contributed by atoms with Gasteiger partial charge in [0.1, 0.15) is 12.7 Å². The highest BCUT2D eigenvalue weighted by atomic mass is 16.1. The number of nitrogens with one attached hydrogen (secondary N) is 2. The van der Waals surface area contributed by atoms with E-state index in [0.29, 0.717) is 25.4 Å². The lowest BCUT2D eigenvalue weighted by molar-refractivity contribution is -0.121. The molecule has 1 aromatic heterocycles. The van der Waals surface area contributed by atoms with Crippen molar-refractivity contribution in [3.63, 3.8) is 0 Å². The maximum Gasteiger partial charge on any atom is 0.220 e. The summed E-state index contributed by atoms with van der Waals surface area (Å²) in [5, 5.41) is 10.2. The first-order valence-electron chi connectivity index (χ1n) is 6.64. The molecule has 6 nitrogen and oxygen atoms in total. The van der Waals surface area contributed by atoms with Gasteiger partial charge in [-0.05, 0) is 38.3 Å². The van der Waals surface area contributed by atoms with E-state index in [9.17, 15) is 4.79 Å². The van der Waals surface area contributed by atoms with Crippen molar-refractivity contribution in [3.8, 4) is 0 Å². The molecule has 2 N–H and O–H groups in total. The van der Waals surface area contributed by atoms with Gasteiger partial charge in [0.25, 0.3) is 0 Å². The average Bonchev–Trinajstić information content (AvgIpc) is 2.91. The summed E-state index contributed by atoms with van der Waals surface area (Å²) >= 11 is 0. The zero-order valence-corrected chi connectivity index (χ0v) is 10.6. The van der Waals surface area contributed by atoms with Crippen molar-refractivity contribution in [2.45, 2.75) is 32.2 Å². The number of piperidine rings is 1. The quantitative estimate of drug-likeness (QED) is 0.756. The third-order valence-electron chi connectivity index (χ3n) is 3.37. The van der Waals surface area contributed by atoms with Gasteiger partial charge in [0.05, 0.1) is 6.54 Å². The second-order valence-corrected chi connectivity index (χ2v) is 4.74. The van der Waals surface area contributed by atoms with Gasteiger partial charge in [-0.2, -0.15) is 5.10 Å². The van der Waals surface area contributed by atoms with E-state index in [-0.39, 0.29) is 5.91 Å². The number of carbonyl (C=O) groups is 1. The topological polar surface area (TPSA) is 71.8 Å². The van der Waals surface area contributed by atoms with Gasteiger partial charge in [0.2, 0.25) is 5.91 Å². The third kappa shape index (κ3) is 4.44. The van der Waals surface area contributed by atoms with Gasteiger partial charge in [-0.3, -0.25) is 9.48 Å². The van der Waals surface area contributed by atoms with Gasteiger partial charge in [0, 0.05) is 13.0 Å². The Morgan fingerprint density at radius 3 is 3.00 bits per heavy atom. The summed E-state index contributed by atoms with van der Waals surface area (Å²) in [6.45, 7) is 3.49. The summed E-state index contributed by atoms with van der Waals surface area (Å²) < 4.78 is 1.72. The number of hydrogen-bond donors (Lipinski definition) is 2. The number of carbonyl (C=O) groups excluding carboxylic acids is 1. The van der Waals surface area contributed by atoms with Gasteiger partial charge < -0.3 is 10.6 Å². The first-order valence-corrected chi connectivity index (χ1v) is 6.64. The van der Waals surface area contributed by atoms with Gasteiger partial charge in [0.15, 0.2) is 0 Å². The number of nitrogens with zero attached hydrogens (tertiary/aromatic N) is 3. The Labute approximate surface area is 107 Å². The monoisotopic (exact) mass is 251 g/mol. The molecule has 0 atom stereocenters. The fraction of sp³-hybridized carbons (Fsp3) is 0.750. The third-order valence-corrected chi connectivity index (χ3v) is 3.37. The van der Waals surface area contributed by atoms with Crippen molar-refractivity contribution in [3.05, 3.63) is 12.7 Å². The van der Waals surface area contributed by atoms with Crippen LogP contribution >= 0.6 is 0 Å². The fourth-order valence-electron chi connectivity index (χ4n) is 2.25. The van der Waals surface area contributed by atoms with Crippen LogP contribution in [0.5, 0.6) is 0 Å². The van der Waals surface area contributed by atoms with Crippen LogP contribution in [-0.4, -0.2) is 40.3 Å². The first-order chi connectivity index (χ1) is 8.84. The molecular formula is C12H21N5O. The van der Waals surface area contributed by atoms with Crippen molar-refractivity contribution < 1.29 is 4.79 Å². The zero-order valence-electron chi connectivity index (χ0n) is 10.6. The van der Waals surface area contributed by atoms with Crippen LogP contribution in [0.1, 0.15) is 25.7 Å². The largest absolute Gasteiger partial charge is 0.354 e. The van der Waals surface area contributed by atoms with Crippen LogP contribution in [0.15, 0.2) is 12.7 Å². The van der Waals surface area contributed by atoms with Crippen molar-refractivity contribution in [2.24, 2.45) is 5.92 Å². The molecule has 0 unspecified atom stereocenters. The van der Waals surface area contributed by atoms with Crippen LogP contribution in [-0.2, 0) is 11.3 Å². The number of hydrogen-bond acceptors (Lipinski definition) is 4. The summed E-state index contributed by atoms with van der Waals surface area (Å²) in [5.74, 6) is 0.862. The highest BCUT2D eigenvalue weighted by Crippen LogP contribution is 2.17. The van der Waals surface area contributed by atoms with E-state index in [2.05, 4.69) is 20.7 Å². The Balaban J connectivity index is 1.54. The Kier molecular flexibility index (Phi) is 5.14. The summed E-state index contributed by atoms with van der Waals surface area (Å²) in [6.07, 6.45) is 7.21. The summed E-state index contributed by atoms with van der Waals surface area (Å²) in [7, 11) is 0. The molecule has 0 spiro atoms. The predicted molar refractivity (Wildman–Crippen MR) is 67.9 cm³/mol. The van der Waals surface area contributed by atoms with Crippen LogP contribution in [0.4, 0.5) is 0 Å². The van der Waals surface area contributed by atoms with Crippen molar-refractivity contribution >= 4 is 5.91 Å². The summed E-state index contributed by atoms with van der Waals surface area (Å²) in [4.78, 5) is 15.5. The molecule has 1 amide bonds. The van der Waals surface area contributed by atoms with E-state index in [1.807, 2.05) is 0 Å². The highest BCUT2D eigenvalue weighted by molar-refractivity contribution is 5.75. The molecule has 100 valence electrons. The Morgan fingerprint density at radius 1 is 1.44 bits per heavy atom. The molecule has 18 heavy (non-hydrogen) atoms. The zero-order chi connectivity index (χ0) is 12.6. The number of rotatable bonds is 6. The Morgan fingerprint density at radius 2 is 2.28 bits per heavy atom. The molecule has 1 aliphatic heterocycles. The summed E-state index contributed by atoms with van der Waals surface area (Å²) in [6, 6.07) is 0. The molecule has 0 aliphatic carbocycles. The minimum atomic E-state index is 0.147. The van der Waals surface area contributed by atoms with E-state index < -0.39 is 0 Å². The van der Waals surface area contributed by atoms with Crippen molar-refractivity contribution in [2.75, 3.05) is 19.6 Å². The molecule has 2 rings (SSSR count). The number of amides is 1. The smallest absolute Gasteiger partial charge is 0.220 e. The molecule has 1 aromatic rings. The van der Waals surface area contributed by atoms with E-state index >= 15 is 0 Å². The normalized spacial score (nSPS) is 16.7. The van der Waals surface area contributed by atoms with Crippen molar-refractivity contribution in [1.29, 1.82) is 0 Å². The van der Waals surface area contributed by atoms with E-state index in [0.717, 1.165) is 19.5 Å². The van der Waals surface area contributed by atoms with Crippen LogP contribution < -0.4 is 10.6 Å². The minimum Gasteiger partial charge on any atom is -0.354 e. The lowest BCUT2D eigenvalue weighted by atomic mass is 9.93. The molecule has 0 saturated carbocycles. The average molecular weight is 251 g/mol. The lowest BCUT2D eigenvalue weighted by Crippen LogP contribution is -2.30. The summed E-state index contributed by atoms with van der Waals surface area (Å²) in [5.41, 5.74) is 0. The highest BCUT2D eigenvalue weighted by Gasteiger charge is 2.14. The van der Waals surface area contributed by atoms with Gasteiger partial charge in [-0.15, -0.1) is 0 Å². The van der Waals surface area contributed by atoms with E-state index in [1.54, 1.807) is 11.0 Å².